The molecule has 0 radical (unpaired) electrons. The molecule has 0 aliphatic carbocycles. The van der Waals surface area contributed by atoms with Crippen molar-refractivity contribution in [1.82, 2.24) is 14.9 Å². The van der Waals surface area contributed by atoms with Gasteiger partial charge in [0.1, 0.15) is 6.61 Å². The third kappa shape index (κ3) is 3.79. The molecule has 4 rings (SSSR count). The molecule has 0 amide bonds. The molecule has 2 aromatic rings. The average Bonchev–Trinajstić information content (AvgIpc) is 3.15. The maximum Gasteiger partial charge on any atom is 0.258 e. The molecule has 3 heterocycles. The SMILES string of the molecule is Nc1ccc2nc(OCCN3CCCC3)c(N3CCCCC3)nc2c1. The fraction of sp³-hybridized carbons (Fsp3) is 0.579. The summed E-state index contributed by atoms with van der Waals surface area (Å²) in [5.74, 6) is 1.54. The highest BCUT2D eigenvalue weighted by Crippen LogP contribution is 2.30. The first-order valence-corrected chi connectivity index (χ1v) is 9.47. The Morgan fingerprint density at radius 1 is 0.920 bits per heavy atom. The Hall–Kier alpha value is -2.08. The van der Waals surface area contributed by atoms with Crippen molar-refractivity contribution in [3.05, 3.63) is 18.2 Å². The third-order valence-electron chi connectivity index (χ3n) is 5.14. The second kappa shape index (κ2) is 7.44. The highest BCUT2D eigenvalue weighted by molar-refractivity contribution is 5.80. The predicted octanol–water partition coefficient (Wildman–Crippen LogP) is 2.68. The van der Waals surface area contributed by atoms with Gasteiger partial charge in [0.15, 0.2) is 5.82 Å². The Morgan fingerprint density at radius 2 is 1.68 bits per heavy atom. The smallest absolute Gasteiger partial charge is 0.258 e. The number of nitrogens with two attached hydrogens (primary N) is 1. The van der Waals surface area contributed by atoms with Gasteiger partial charge in [0.05, 0.1) is 11.0 Å². The average molecular weight is 341 g/mol. The summed E-state index contributed by atoms with van der Waals surface area (Å²) in [7, 11) is 0. The maximum absolute atomic E-state index is 6.10. The molecular weight excluding hydrogens is 314 g/mol. The van der Waals surface area contributed by atoms with E-state index >= 15 is 0 Å². The van der Waals surface area contributed by atoms with Crippen molar-refractivity contribution in [3.8, 4) is 5.88 Å². The number of nitrogens with zero attached hydrogens (tertiary/aromatic N) is 4. The van der Waals surface area contributed by atoms with Crippen molar-refractivity contribution < 1.29 is 4.74 Å². The minimum absolute atomic E-state index is 0.663. The topological polar surface area (TPSA) is 67.5 Å². The minimum Gasteiger partial charge on any atom is -0.474 e. The van der Waals surface area contributed by atoms with Crippen LogP contribution in [0.4, 0.5) is 11.5 Å². The van der Waals surface area contributed by atoms with Gasteiger partial charge in [-0.2, -0.15) is 0 Å². The van der Waals surface area contributed by atoms with E-state index in [4.69, 9.17) is 20.4 Å². The number of benzene rings is 1. The molecular formula is C19H27N5O. The molecule has 2 saturated heterocycles. The van der Waals surface area contributed by atoms with Crippen LogP contribution in [-0.2, 0) is 0 Å². The molecule has 6 heteroatoms. The molecule has 2 N–H and O–H groups in total. The number of nitrogen functional groups attached to an aromatic ring is 1. The van der Waals surface area contributed by atoms with Crippen molar-refractivity contribution in [3.63, 3.8) is 0 Å². The van der Waals surface area contributed by atoms with E-state index in [9.17, 15) is 0 Å². The van der Waals surface area contributed by atoms with Crippen molar-refractivity contribution >= 4 is 22.5 Å². The Bertz CT molecular complexity index is 723. The van der Waals surface area contributed by atoms with Crippen molar-refractivity contribution in [2.24, 2.45) is 0 Å². The highest BCUT2D eigenvalue weighted by Gasteiger charge is 2.20. The summed E-state index contributed by atoms with van der Waals surface area (Å²) < 4.78 is 6.10. The third-order valence-corrected chi connectivity index (χ3v) is 5.14. The number of ether oxygens (including phenoxy) is 1. The Labute approximate surface area is 149 Å². The minimum atomic E-state index is 0.663. The van der Waals surface area contributed by atoms with Crippen molar-refractivity contribution in [2.45, 2.75) is 32.1 Å². The lowest BCUT2D eigenvalue weighted by atomic mass is 10.1. The number of rotatable bonds is 5. The molecule has 6 nitrogen and oxygen atoms in total. The number of likely N-dealkylation sites (tertiary alicyclic amines) is 1. The number of piperidine rings is 1. The van der Waals surface area contributed by atoms with E-state index in [0.29, 0.717) is 18.2 Å². The Morgan fingerprint density at radius 3 is 2.48 bits per heavy atom. The fourth-order valence-corrected chi connectivity index (χ4v) is 3.73. The first-order chi connectivity index (χ1) is 12.3. The number of hydrogen-bond acceptors (Lipinski definition) is 6. The summed E-state index contributed by atoms with van der Waals surface area (Å²) in [6, 6.07) is 5.68. The summed E-state index contributed by atoms with van der Waals surface area (Å²) in [5, 5.41) is 0. The molecule has 2 aliphatic heterocycles. The Kier molecular flexibility index (Phi) is 4.88. The number of anilines is 2. The zero-order valence-corrected chi connectivity index (χ0v) is 14.8. The van der Waals surface area contributed by atoms with Gasteiger partial charge in [-0.05, 0) is 63.4 Å². The molecule has 134 valence electrons. The summed E-state index contributed by atoms with van der Waals surface area (Å²) in [6.07, 6.45) is 6.29. The van der Waals surface area contributed by atoms with Gasteiger partial charge in [-0.25, -0.2) is 9.97 Å². The standard InChI is InChI=1S/C19H27N5O/c20-15-6-7-16-17(14-15)21-18(24-10-2-1-3-11-24)19(22-16)25-13-12-23-8-4-5-9-23/h6-7,14H,1-5,8-13,20H2. The van der Waals surface area contributed by atoms with E-state index in [0.717, 1.165) is 36.5 Å². The Balaban J connectivity index is 1.58. The van der Waals surface area contributed by atoms with Crippen molar-refractivity contribution in [2.75, 3.05) is 50.0 Å². The largest absolute Gasteiger partial charge is 0.474 e. The van der Waals surface area contributed by atoms with Gasteiger partial charge < -0.3 is 15.4 Å². The quantitative estimate of drug-likeness (QED) is 0.844. The van der Waals surface area contributed by atoms with Gasteiger partial charge in [0, 0.05) is 25.3 Å². The number of fused-ring (bicyclic) bond motifs is 1. The summed E-state index contributed by atoms with van der Waals surface area (Å²) >= 11 is 0. The molecule has 2 fully saturated rings. The monoisotopic (exact) mass is 341 g/mol. The highest BCUT2D eigenvalue weighted by atomic mass is 16.5. The molecule has 0 atom stereocenters. The summed E-state index contributed by atoms with van der Waals surface area (Å²) in [6.45, 7) is 6.03. The number of aromatic nitrogens is 2. The fourth-order valence-electron chi connectivity index (χ4n) is 3.73. The van der Waals surface area contributed by atoms with Gasteiger partial charge in [-0.15, -0.1) is 0 Å². The normalized spacial score (nSPS) is 18.8. The second-order valence-corrected chi connectivity index (χ2v) is 7.05. The summed E-state index contributed by atoms with van der Waals surface area (Å²) in [4.78, 5) is 14.4. The molecule has 0 spiro atoms. The van der Waals surface area contributed by atoms with E-state index < -0.39 is 0 Å². The zero-order chi connectivity index (χ0) is 17.1. The van der Waals surface area contributed by atoms with Crippen LogP contribution in [0.1, 0.15) is 32.1 Å². The van der Waals surface area contributed by atoms with Gasteiger partial charge in [-0.3, -0.25) is 4.90 Å². The second-order valence-electron chi connectivity index (χ2n) is 7.05. The molecule has 1 aromatic heterocycles. The number of hydrogen-bond donors (Lipinski definition) is 1. The van der Waals surface area contributed by atoms with Crippen LogP contribution >= 0.6 is 0 Å². The van der Waals surface area contributed by atoms with E-state index in [2.05, 4.69) is 9.80 Å². The van der Waals surface area contributed by atoms with Crippen molar-refractivity contribution in [1.29, 1.82) is 0 Å². The van der Waals surface area contributed by atoms with Crippen LogP contribution in [0.2, 0.25) is 0 Å². The molecule has 1 aromatic carbocycles. The van der Waals surface area contributed by atoms with Gasteiger partial charge >= 0.3 is 0 Å². The van der Waals surface area contributed by atoms with E-state index in [-0.39, 0.29) is 0 Å². The van der Waals surface area contributed by atoms with E-state index in [1.165, 1.54) is 45.2 Å². The van der Waals surface area contributed by atoms with Gasteiger partial charge in [0.25, 0.3) is 5.88 Å². The zero-order valence-electron chi connectivity index (χ0n) is 14.8. The van der Waals surface area contributed by atoms with Gasteiger partial charge in [-0.1, -0.05) is 0 Å². The van der Waals surface area contributed by atoms with Crippen LogP contribution < -0.4 is 15.4 Å². The molecule has 0 bridgehead atoms. The van der Waals surface area contributed by atoms with Crippen LogP contribution in [0, 0.1) is 0 Å². The van der Waals surface area contributed by atoms with Crippen LogP contribution in [-0.4, -0.2) is 54.2 Å². The first kappa shape index (κ1) is 16.4. The molecule has 2 aliphatic rings. The van der Waals surface area contributed by atoms with Crippen LogP contribution in [0.15, 0.2) is 18.2 Å². The molecule has 25 heavy (non-hydrogen) atoms. The lowest BCUT2D eigenvalue weighted by Gasteiger charge is -2.29. The summed E-state index contributed by atoms with van der Waals surface area (Å²) in [5.41, 5.74) is 8.32. The van der Waals surface area contributed by atoms with E-state index in [1.807, 2.05) is 18.2 Å². The lowest BCUT2D eigenvalue weighted by Crippen LogP contribution is -2.31. The lowest BCUT2D eigenvalue weighted by molar-refractivity contribution is 0.232. The first-order valence-electron chi connectivity index (χ1n) is 9.47. The molecule has 0 unspecified atom stereocenters. The van der Waals surface area contributed by atoms with Gasteiger partial charge in [0.2, 0.25) is 0 Å². The van der Waals surface area contributed by atoms with Crippen LogP contribution in [0.25, 0.3) is 11.0 Å². The molecule has 0 saturated carbocycles. The maximum atomic E-state index is 6.10. The van der Waals surface area contributed by atoms with E-state index in [1.54, 1.807) is 0 Å². The predicted molar refractivity (Wildman–Crippen MR) is 101 cm³/mol. The van der Waals surface area contributed by atoms with Crippen LogP contribution in [0.5, 0.6) is 5.88 Å². The van der Waals surface area contributed by atoms with Crippen LogP contribution in [0.3, 0.4) is 0 Å².